The maximum Gasteiger partial charge on any atom is 0.273 e. The minimum atomic E-state index is -0.218. The first kappa shape index (κ1) is 18.6. The fourth-order valence-corrected chi connectivity index (χ4v) is 4.31. The van der Waals surface area contributed by atoms with E-state index in [0.29, 0.717) is 16.9 Å². The molecule has 4 rings (SSSR count). The molecule has 1 amide bonds. The zero-order chi connectivity index (χ0) is 19.5. The van der Waals surface area contributed by atoms with E-state index in [2.05, 4.69) is 20.2 Å². The molecular weight excluding hydrogens is 374 g/mol. The van der Waals surface area contributed by atoms with E-state index < -0.39 is 0 Å². The number of hydrogen-bond acceptors (Lipinski definition) is 6. The zero-order valence-corrected chi connectivity index (χ0v) is 16.7. The Morgan fingerprint density at radius 2 is 1.93 bits per heavy atom. The van der Waals surface area contributed by atoms with Gasteiger partial charge in [0.1, 0.15) is 17.6 Å². The molecule has 2 aromatic heterocycles. The average molecular weight is 398 g/mol. The summed E-state index contributed by atoms with van der Waals surface area (Å²) in [6, 6.07) is 7.98. The van der Waals surface area contributed by atoms with Crippen LogP contribution in [0.2, 0.25) is 0 Å². The van der Waals surface area contributed by atoms with Gasteiger partial charge in [-0.3, -0.25) is 14.2 Å². The summed E-state index contributed by atoms with van der Waals surface area (Å²) in [6.07, 6.45) is 4.95. The molecule has 3 heterocycles. The Bertz CT molecular complexity index is 1030. The fraction of sp³-hybridized carbons (Fsp3) is 0.400. The van der Waals surface area contributed by atoms with Gasteiger partial charge >= 0.3 is 0 Å². The standard InChI is InChI=1S/C20H23N5O2S/c1-14-5-7-15(8-6-14)11-21-16(26)12-25-13-22-18-17(19(25)27)28-20(23-18)24-9-3-2-4-10-24/h5-8,13H,2-4,9-12H2,1H3,(H,21,26). The van der Waals surface area contributed by atoms with Crippen molar-refractivity contribution in [3.63, 3.8) is 0 Å². The summed E-state index contributed by atoms with van der Waals surface area (Å²) in [7, 11) is 0. The van der Waals surface area contributed by atoms with Crippen molar-refractivity contribution in [1.82, 2.24) is 19.9 Å². The Hall–Kier alpha value is -2.74. The Morgan fingerprint density at radius 3 is 2.68 bits per heavy atom. The van der Waals surface area contributed by atoms with E-state index in [9.17, 15) is 9.59 Å². The number of piperidine rings is 1. The third kappa shape index (κ3) is 4.06. The smallest absolute Gasteiger partial charge is 0.273 e. The largest absolute Gasteiger partial charge is 0.350 e. The molecule has 0 saturated carbocycles. The van der Waals surface area contributed by atoms with Crippen LogP contribution in [-0.4, -0.2) is 33.5 Å². The molecule has 0 radical (unpaired) electrons. The topological polar surface area (TPSA) is 80.1 Å². The van der Waals surface area contributed by atoms with Crippen LogP contribution in [0.25, 0.3) is 10.3 Å². The number of benzene rings is 1. The SMILES string of the molecule is Cc1ccc(CNC(=O)Cn2cnc3nc(N4CCCCC4)sc3c2=O)cc1. The van der Waals surface area contributed by atoms with Crippen molar-refractivity contribution >= 4 is 32.7 Å². The minimum Gasteiger partial charge on any atom is -0.350 e. The van der Waals surface area contributed by atoms with Crippen LogP contribution in [0.3, 0.4) is 0 Å². The number of nitrogens with one attached hydrogen (secondary N) is 1. The molecular formula is C20H23N5O2S. The molecule has 0 bridgehead atoms. The summed E-state index contributed by atoms with van der Waals surface area (Å²) < 4.78 is 1.86. The lowest BCUT2D eigenvalue weighted by atomic mass is 10.1. The summed E-state index contributed by atoms with van der Waals surface area (Å²) in [5, 5.41) is 3.70. The van der Waals surface area contributed by atoms with Crippen LogP contribution in [0, 0.1) is 6.92 Å². The molecule has 28 heavy (non-hydrogen) atoms. The number of fused-ring (bicyclic) bond motifs is 1. The molecule has 1 saturated heterocycles. The number of nitrogens with zero attached hydrogens (tertiary/aromatic N) is 4. The first-order chi connectivity index (χ1) is 13.6. The summed E-state index contributed by atoms with van der Waals surface area (Å²) in [5.41, 5.74) is 2.45. The first-order valence-electron chi connectivity index (χ1n) is 9.53. The van der Waals surface area contributed by atoms with Gasteiger partial charge < -0.3 is 10.2 Å². The number of anilines is 1. The van der Waals surface area contributed by atoms with Gasteiger partial charge in [-0.15, -0.1) is 0 Å². The summed E-state index contributed by atoms with van der Waals surface area (Å²) in [6.45, 7) is 4.34. The van der Waals surface area contributed by atoms with Gasteiger partial charge in [0, 0.05) is 19.6 Å². The van der Waals surface area contributed by atoms with Gasteiger partial charge in [0.15, 0.2) is 10.8 Å². The fourth-order valence-electron chi connectivity index (χ4n) is 3.29. The van der Waals surface area contributed by atoms with Crippen LogP contribution in [0.15, 0.2) is 35.4 Å². The van der Waals surface area contributed by atoms with E-state index in [-0.39, 0.29) is 18.0 Å². The molecule has 3 aromatic rings. The van der Waals surface area contributed by atoms with Crippen LogP contribution in [0.4, 0.5) is 5.13 Å². The van der Waals surface area contributed by atoms with Crippen LogP contribution >= 0.6 is 11.3 Å². The molecule has 0 atom stereocenters. The van der Waals surface area contributed by atoms with Gasteiger partial charge in [-0.05, 0) is 31.7 Å². The van der Waals surface area contributed by atoms with Gasteiger partial charge in [0.05, 0.1) is 0 Å². The number of amides is 1. The Labute approximate surface area is 167 Å². The second-order valence-electron chi connectivity index (χ2n) is 7.14. The molecule has 0 unspecified atom stereocenters. The number of hydrogen-bond donors (Lipinski definition) is 1. The first-order valence-corrected chi connectivity index (χ1v) is 10.3. The number of aryl methyl sites for hydroxylation is 1. The van der Waals surface area contributed by atoms with E-state index in [1.807, 2.05) is 31.2 Å². The Morgan fingerprint density at radius 1 is 1.18 bits per heavy atom. The average Bonchev–Trinajstić information content (AvgIpc) is 3.16. The van der Waals surface area contributed by atoms with E-state index in [0.717, 1.165) is 36.6 Å². The van der Waals surface area contributed by atoms with Crippen molar-refractivity contribution in [2.75, 3.05) is 18.0 Å². The monoisotopic (exact) mass is 397 g/mol. The Kier molecular flexibility index (Phi) is 5.38. The van der Waals surface area contributed by atoms with Crippen molar-refractivity contribution in [2.24, 2.45) is 0 Å². The maximum atomic E-state index is 12.8. The number of carbonyl (C=O) groups excluding carboxylic acids is 1. The molecule has 1 aliphatic heterocycles. The molecule has 0 spiro atoms. The predicted molar refractivity (Wildman–Crippen MR) is 111 cm³/mol. The molecule has 7 nitrogen and oxygen atoms in total. The van der Waals surface area contributed by atoms with Crippen molar-refractivity contribution in [3.05, 3.63) is 52.1 Å². The van der Waals surface area contributed by atoms with Crippen molar-refractivity contribution < 1.29 is 4.79 Å². The highest BCUT2D eigenvalue weighted by molar-refractivity contribution is 7.22. The highest BCUT2D eigenvalue weighted by Crippen LogP contribution is 2.27. The normalized spacial score (nSPS) is 14.4. The molecule has 8 heteroatoms. The number of rotatable bonds is 5. The number of carbonyl (C=O) groups is 1. The highest BCUT2D eigenvalue weighted by atomic mass is 32.1. The van der Waals surface area contributed by atoms with Gasteiger partial charge in [0.25, 0.3) is 5.56 Å². The van der Waals surface area contributed by atoms with Gasteiger partial charge in [-0.2, -0.15) is 4.98 Å². The van der Waals surface area contributed by atoms with Crippen molar-refractivity contribution in [3.8, 4) is 0 Å². The van der Waals surface area contributed by atoms with Gasteiger partial charge in [0.2, 0.25) is 5.91 Å². The molecule has 1 aliphatic rings. The maximum absolute atomic E-state index is 12.8. The lowest BCUT2D eigenvalue weighted by Crippen LogP contribution is -2.31. The summed E-state index contributed by atoms with van der Waals surface area (Å²) in [4.78, 5) is 36.1. The summed E-state index contributed by atoms with van der Waals surface area (Å²) in [5.74, 6) is -0.218. The minimum absolute atomic E-state index is 0.0510. The van der Waals surface area contributed by atoms with Crippen LogP contribution < -0.4 is 15.8 Å². The molecule has 1 N–H and O–H groups in total. The Balaban J connectivity index is 1.45. The zero-order valence-electron chi connectivity index (χ0n) is 15.9. The molecule has 146 valence electrons. The van der Waals surface area contributed by atoms with Gasteiger partial charge in [-0.1, -0.05) is 41.2 Å². The molecule has 1 fully saturated rings. The lowest BCUT2D eigenvalue weighted by Gasteiger charge is -2.25. The van der Waals surface area contributed by atoms with E-state index in [1.54, 1.807) is 0 Å². The van der Waals surface area contributed by atoms with Crippen molar-refractivity contribution in [2.45, 2.75) is 39.3 Å². The van der Waals surface area contributed by atoms with Crippen LogP contribution in [0.1, 0.15) is 30.4 Å². The van der Waals surface area contributed by atoms with E-state index in [4.69, 9.17) is 0 Å². The molecule has 0 aliphatic carbocycles. The van der Waals surface area contributed by atoms with Crippen LogP contribution in [0.5, 0.6) is 0 Å². The summed E-state index contributed by atoms with van der Waals surface area (Å²) >= 11 is 1.37. The third-order valence-electron chi connectivity index (χ3n) is 4.92. The quantitative estimate of drug-likeness (QED) is 0.715. The third-order valence-corrected chi connectivity index (χ3v) is 6.02. The van der Waals surface area contributed by atoms with Gasteiger partial charge in [-0.25, -0.2) is 4.98 Å². The predicted octanol–water partition coefficient (Wildman–Crippen LogP) is 2.47. The number of thiazole rings is 1. The second kappa shape index (κ2) is 8.10. The van der Waals surface area contributed by atoms with E-state index in [1.165, 1.54) is 34.2 Å². The lowest BCUT2D eigenvalue weighted by molar-refractivity contribution is -0.121. The number of aromatic nitrogens is 3. The second-order valence-corrected chi connectivity index (χ2v) is 8.11. The van der Waals surface area contributed by atoms with Crippen molar-refractivity contribution in [1.29, 1.82) is 0 Å². The van der Waals surface area contributed by atoms with Crippen LogP contribution in [-0.2, 0) is 17.9 Å². The van der Waals surface area contributed by atoms with E-state index >= 15 is 0 Å². The molecule has 1 aromatic carbocycles. The highest BCUT2D eigenvalue weighted by Gasteiger charge is 2.18.